The molecular formula is C13H25ClN4. The molecule has 1 aromatic heterocycles. The van der Waals surface area contributed by atoms with Crippen LogP contribution in [-0.2, 0) is 19.9 Å². The Labute approximate surface area is 115 Å². The number of hydrogen-bond acceptors (Lipinski definition) is 3. The van der Waals surface area contributed by atoms with Crippen molar-refractivity contribution in [1.29, 1.82) is 0 Å². The Morgan fingerprint density at radius 2 is 2.06 bits per heavy atom. The summed E-state index contributed by atoms with van der Waals surface area (Å²) < 4.78 is 1.87. The highest BCUT2D eigenvalue weighted by molar-refractivity contribution is 6.31. The van der Waals surface area contributed by atoms with Crippen molar-refractivity contribution in [2.75, 3.05) is 0 Å². The van der Waals surface area contributed by atoms with Crippen molar-refractivity contribution in [3.05, 3.63) is 16.4 Å². The number of hydrazine groups is 1. The molecule has 104 valence electrons. The smallest absolute Gasteiger partial charge is 0.0850 e. The van der Waals surface area contributed by atoms with E-state index in [1.165, 1.54) is 0 Å². The van der Waals surface area contributed by atoms with E-state index in [1.807, 2.05) is 11.7 Å². The van der Waals surface area contributed by atoms with E-state index in [4.69, 9.17) is 17.4 Å². The molecule has 1 heterocycles. The summed E-state index contributed by atoms with van der Waals surface area (Å²) in [6.45, 7) is 8.66. The summed E-state index contributed by atoms with van der Waals surface area (Å²) in [6, 6.07) is 0.181. The molecule has 0 fully saturated rings. The Morgan fingerprint density at radius 3 is 2.44 bits per heavy atom. The van der Waals surface area contributed by atoms with Crippen LogP contribution in [0.4, 0.5) is 0 Å². The lowest BCUT2D eigenvalue weighted by Gasteiger charge is -2.33. The van der Waals surface area contributed by atoms with Crippen molar-refractivity contribution in [3.63, 3.8) is 0 Å². The van der Waals surface area contributed by atoms with Crippen LogP contribution in [0, 0.1) is 5.41 Å². The summed E-state index contributed by atoms with van der Waals surface area (Å²) in [5, 5.41) is 5.22. The molecular weight excluding hydrogens is 248 g/mol. The summed E-state index contributed by atoms with van der Waals surface area (Å²) in [7, 11) is 1.94. The molecule has 0 aliphatic carbocycles. The lowest BCUT2D eigenvalue weighted by molar-refractivity contribution is 0.229. The van der Waals surface area contributed by atoms with Gasteiger partial charge in [0.05, 0.1) is 16.4 Å². The predicted molar refractivity (Wildman–Crippen MR) is 76.5 cm³/mol. The van der Waals surface area contributed by atoms with Crippen LogP contribution in [0.1, 0.15) is 45.5 Å². The van der Waals surface area contributed by atoms with Crippen LogP contribution in [0.25, 0.3) is 0 Å². The molecule has 0 aliphatic rings. The summed E-state index contributed by atoms with van der Waals surface area (Å²) in [5.41, 5.74) is 5.05. The van der Waals surface area contributed by atoms with Gasteiger partial charge in [-0.3, -0.25) is 16.0 Å². The van der Waals surface area contributed by atoms with Crippen molar-refractivity contribution < 1.29 is 0 Å². The molecule has 0 amide bonds. The van der Waals surface area contributed by atoms with Gasteiger partial charge in [0.25, 0.3) is 0 Å². The normalized spacial score (nSPS) is 13.9. The maximum Gasteiger partial charge on any atom is 0.0850 e. The minimum absolute atomic E-state index is 0.120. The highest BCUT2D eigenvalue weighted by Crippen LogP contribution is 2.29. The molecule has 0 saturated carbocycles. The van der Waals surface area contributed by atoms with Crippen LogP contribution in [-0.4, -0.2) is 15.8 Å². The average Bonchev–Trinajstić information content (AvgIpc) is 2.61. The number of aryl methyl sites for hydroxylation is 2. The van der Waals surface area contributed by atoms with Crippen molar-refractivity contribution in [1.82, 2.24) is 15.2 Å². The summed E-state index contributed by atoms with van der Waals surface area (Å²) in [6.07, 6.45) is 2.70. The van der Waals surface area contributed by atoms with Gasteiger partial charge < -0.3 is 0 Å². The first-order chi connectivity index (χ1) is 8.37. The number of nitrogens with zero attached hydrogens (tertiary/aromatic N) is 2. The van der Waals surface area contributed by atoms with Crippen molar-refractivity contribution in [3.8, 4) is 0 Å². The van der Waals surface area contributed by atoms with Gasteiger partial charge in [-0.25, -0.2) is 0 Å². The van der Waals surface area contributed by atoms with Crippen LogP contribution in [0.3, 0.4) is 0 Å². The Bertz CT molecular complexity index is 398. The first-order valence-electron chi connectivity index (χ1n) is 6.53. The topological polar surface area (TPSA) is 55.9 Å². The van der Waals surface area contributed by atoms with Crippen LogP contribution in [0.5, 0.6) is 0 Å². The van der Waals surface area contributed by atoms with Crippen LogP contribution in [0.15, 0.2) is 0 Å². The quantitative estimate of drug-likeness (QED) is 0.618. The standard InChI is InChI=1S/C13H25ClN4/c1-6-9-12(14)10(18(5)17-9)8-11(16-15)13(3,4)7-2/h11,16H,6-8,15H2,1-5H3. The third-order valence-electron chi connectivity index (χ3n) is 3.96. The van der Waals surface area contributed by atoms with Crippen LogP contribution < -0.4 is 11.3 Å². The molecule has 3 N–H and O–H groups in total. The van der Waals surface area contributed by atoms with Crippen molar-refractivity contribution >= 4 is 11.6 Å². The molecule has 1 aromatic rings. The van der Waals surface area contributed by atoms with E-state index in [9.17, 15) is 0 Å². The molecule has 1 atom stereocenters. The molecule has 0 aromatic carbocycles. The molecule has 0 saturated heterocycles. The molecule has 4 nitrogen and oxygen atoms in total. The monoisotopic (exact) mass is 272 g/mol. The number of aromatic nitrogens is 2. The van der Waals surface area contributed by atoms with E-state index >= 15 is 0 Å². The lowest BCUT2D eigenvalue weighted by atomic mass is 9.80. The number of rotatable bonds is 6. The van der Waals surface area contributed by atoms with Crippen LogP contribution in [0.2, 0.25) is 5.02 Å². The molecule has 0 spiro atoms. The second kappa shape index (κ2) is 6.04. The van der Waals surface area contributed by atoms with Gasteiger partial charge in [0.2, 0.25) is 0 Å². The average molecular weight is 273 g/mol. The zero-order valence-corrected chi connectivity index (χ0v) is 12.8. The van der Waals surface area contributed by atoms with Gasteiger partial charge in [-0.05, 0) is 18.3 Å². The Balaban J connectivity index is 2.99. The van der Waals surface area contributed by atoms with Crippen molar-refractivity contribution in [2.24, 2.45) is 18.3 Å². The predicted octanol–water partition coefficient (Wildman–Crippen LogP) is 2.45. The molecule has 1 unspecified atom stereocenters. The lowest BCUT2D eigenvalue weighted by Crippen LogP contribution is -2.47. The Morgan fingerprint density at radius 1 is 1.44 bits per heavy atom. The minimum atomic E-state index is 0.120. The van der Waals surface area contributed by atoms with Gasteiger partial charge in [-0.15, -0.1) is 0 Å². The molecule has 18 heavy (non-hydrogen) atoms. The van der Waals surface area contributed by atoms with Gasteiger partial charge >= 0.3 is 0 Å². The van der Waals surface area contributed by atoms with Gasteiger partial charge in [0, 0.05) is 19.5 Å². The van der Waals surface area contributed by atoms with Crippen LogP contribution >= 0.6 is 11.6 Å². The molecule has 1 rings (SSSR count). The second-order valence-electron chi connectivity index (χ2n) is 5.45. The summed E-state index contributed by atoms with van der Waals surface area (Å²) in [5.74, 6) is 5.70. The van der Waals surface area contributed by atoms with E-state index in [0.29, 0.717) is 0 Å². The minimum Gasteiger partial charge on any atom is -0.271 e. The Hall–Kier alpha value is -0.580. The maximum atomic E-state index is 6.37. The summed E-state index contributed by atoms with van der Waals surface area (Å²) >= 11 is 6.37. The third kappa shape index (κ3) is 3.05. The number of nitrogens with one attached hydrogen (secondary N) is 1. The van der Waals surface area contributed by atoms with E-state index in [0.717, 1.165) is 35.7 Å². The first kappa shape index (κ1) is 15.5. The highest BCUT2D eigenvalue weighted by atomic mass is 35.5. The van der Waals surface area contributed by atoms with E-state index in [-0.39, 0.29) is 11.5 Å². The Kier molecular flexibility index (Phi) is 5.20. The van der Waals surface area contributed by atoms with E-state index in [2.05, 4.69) is 38.2 Å². The number of halogens is 1. The molecule has 0 bridgehead atoms. The number of hydrogen-bond donors (Lipinski definition) is 2. The fraction of sp³-hybridized carbons (Fsp3) is 0.769. The zero-order chi connectivity index (χ0) is 13.9. The SMILES string of the molecule is CCc1nn(C)c(CC(NN)C(C)(C)CC)c1Cl. The van der Waals surface area contributed by atoms with E-state index in [1.54, 1.807) is 0 Å². The highest BCUT2D eigenvalue weighted by Gasteiger charge is 2.29. The second-order valence-corrected chi connectivity index (χ2v) is 5.83. The third-order valence-corrected chi connectivity index (χ3v) is 4.39. The molecule has 0 aliphatic heterocycles. The number of nitrogens with two attached hydrogens (primary N) is 1. The first-order valence-corrected chi connectivity index (χ1v) is 6.91. The molecule has 5 heteroatoms. The van der Waals surface area contributed by atoms with Gasteiger partial charge in [-0.1, -0.05) is 39.3 Å². The van der Waals surface area contributed by atoms with Gasteiger partial charge in [0.1, 0.15) is 0 Å². The largest absolute Gasteiger partial charge is 0.271 e. The van der Waals surface area contributed by atoms with Gasteiger partial charge in [-0.2, -0.15) is 5.10 Å². The van der Waals surface area contributed by atoms with E-state index < -0.39 is 0 Å². The summed E-state index contributed by atoms with van der Waals surface area (Å²) in [4.78, 5) is 0. The van der Waals surface area contributed by atoms with Crippen molar-refractivity contribution in [2.45, 2.75) is 53.0 Å². The maximum absolute atomic E-state index is 6.37. The fourth-order valence-electron chi connectivity index (χ4n) is 2.04. The fourth-order valence-corrected chi connectivity index (χ4v) is 2.41. The zero-order valence-electron chi connectivity index (χ0n) is 12.0. The van der Waals surface area contributed by atoms with Gasteiger partial charge in [0.15, 0.2) is 0 Å². The molecule has 0 radical (unpaired) electrons.